The van der Waals surface area contributed by atoms with Gasteiger partial charge >= 0.3 is 12.1 Å². The van der Waals surface area contributed by atoms with Crippen molar-refractivity contribution >= 4 is 26.2 Å². The van der Waals surface area contributed by atoms with Gasteiger partial charge in [-0.25, -0.2) is 9.59 Å². The molecule has 41 heavy (non-hydrogen) atoms. The van der Waals surface area contributed by atoms with E-state index in [1.54, 1.807) is 45.0 Å². The molecule has 0 aliphatic heterocycles. The highest BCUT2D eigenvalue weighted by Crippen LogP contribution is 2.38. The van der Waals surface area contributed by atoms with E-state index < -0.39 is 38.1 Å². The number of benzene rings is 2. The lowest BCUT2D eigenvalue weighted by atomic mass is 9.99. The number of carbonyl (C=O) groups excluding carboxylic acids is 3. The zero-order valence-corrected chi connectivity index (χ0v) is 27.0. The van der Waals surface area contributed by atoms with Crippen LogP contribution in [0, 0.1) is 0 Å². The Kier molecular flexibility index (Phi) is 12.1. The first-order chi connectivity index (χ1) is 19.0. The van der Waals surface area contributed by atoms with Gasteiger partial charge in [-0.2, -0.15) is 0 Å². The fourth-order valence-corrected chi connectivity index (χ4v) is 5.14. The molecule has 2 aromatic rings. The van der Waals surface area contributed by atoms with Gasteiger partial charge in [0, 0.05) is 12.8 Å². The lowest BCUT2D eigenvalue weighted by Gasteiger charge is -2.41. The molecule has 0 bridgehead atoms. The molecule has 0 spiro atoms. The minimum absolute atomic E-state index is 0.00172. The number of methoxy groups -OCH3 is 1. The monoisotopic (exact) mass is 585 g/mol. The highest BCUT2D eigenvalue weighted by molar-refractivity contribution is 6.74. The van der Waals surface area contributed by atoms with Crippen LogP contribution in [-0.2, 0) is 25.1 Å². The standard InChI is InChI=1S/C32H47NO7Si/c1-31(2,3)39-30(36)33-27(20-19-25(34)21-23-15-17-24(18-16-23)29(35)37-7)28(40-41(8,9)32(4,5)6)22-38-26-13-11-10-12-14-26/h10-18,27-28H,19-22H2,1-9H3,(H,33,36)/t27-,28-/m1/s1. The summed E-state index contributed by atoms with van der Waals surface area (Å²) in [6, 6.07) is 15.7. The first-order valence-corrected chi connectivity index (χ1v) is 17.0. The maximum atomic E-state index is 13.1. The number of amides is 1. The van der Waals surface area contributed by atoms with E-state index in [1.807, 2.05) is 30.3 Å². The number of nitrogens with one attached hydrogen (secondary N) is 1. The van der Waals surface area contributed by atoms with E-state index >= 15 is 0 Å². The Labute approximate surface area is 246 Å². The predicted octanol–water partition coefficient (Wildman–Crippen LogP) is 6.73. The summed E-state index contributed by atoms with van der Waals surface area (Å²) < 4.78 is 23.2. The van der Waals surface area contributed by atoms with Crippen molar-refractivity contribution in [1.29, 1.82) is 0 Å². The lowest BCUT2D eigenvalue weighted by Crippen LogP contribution is -2.54. The lowest BCUT2D eigenvalue weighted by molar-refractivity contribution is -0.118. The van der Waals surface area contributed by atoms with Crippen LogP contribution in [0.1, 0.15) is 70.3 Å². The highest BCUT2D eigenvalue weighted by atomic mass is 28.4. The van der Waals surface area contributed by atoms with Gasteiger partial charge in [-0.1, -0.05) is 51.1 Å². The van der Waals surface area contributed by atoms with E-state index in [-0.39, 0.29) is 30.3 Å². The fraction of sp³-hybridized carbons (Fsp3) is 0.531. The van der Waals surface area contributed by atoms with Crippen LogP contribution in [-0.4, -0.2) is 57.6 Å². The molecular formula is C32H47NO7Si. The Bertz CT molecular complexity index is 1140. The average Bonchev–Trinajstić information content (AvgIpc) is 2.87. The second-order valence-corrected chi connectivity index (χ2v) is 17.5. The number of carbonyl (C=O) groups is 3. The quantitative estimate of drug-likeness (QED) is 0.206. The molecule has 0 aliphatic carbocycles. The molecule has 9 heteroatoms. The van der Waals surface area contributed by atoms with Crippen LogP contribution in [0.4, 0.5) is 4.79 Å². The van der Waals surface area contributed by atoms with Gasteiger partial charge in [-0.3, -0.25) is 4.79 Å². The van der Waals surface area contributed by atoms with Crippen molar-refractivity contribution in [3.8, 4) is 5.75 Å². The molecule has 0 unspecified atom stereocenters. The van der Waals surface area contributed by atoms with Crippen molar-refractivity contribution in [2.45, 2.75) is 96.7 Å². The van der Waals surface area contributed by atoms with Crippen LogP contribution in [0.2, 0.25) is 18.1 Å². The van der Waals surface area contributed by atoms with Gasteiger partial charge in [0.25, 0.3) is 0 Å². The third-order valence-corrected chi connectivity index (χ3v) is 11.6. The van der Waals surface area contributed by atoms with Gasteiger partial charge in [0.1, 0.15) is 23.7 Å². The molecule has 226 valence electrons. The molecule has 2 aromatic carbocycles. The van der Waals surface area contributed by atoms with E-state index in [1.165, 1.54) is 7.11 Å². The summed E-state index contributed by atoms with van der Waals surface area (Å²) in [5.41, 5.74) is 0.534. The maximum Gasteiger partial charge on any atom is 0.407 e. The predicted molar refractivity (Wildman–Crippen MR) is 163 cm³/mol. The Morgan fingerprint density at radius 2 is 1.51 bits per heavy atom. The van der Waals surface area contributed by atoms with Crippen LogP contribution in [0.3, 0.4) is 0 Å². The Balaban J connectivity index is 2.26. The van der Waals surface area contributed by atoms with Crippen molar-refractivity contribution in [1.82, 2.24) is 5.32 Å². The van der Waals surface area contributed by atoms with Crippen molar-refractivity contribution in [3.63, 3.8) is 0 Å². The summed E-state index contributed by atoms with van der Waals surface area (Å²) in [5, 5.41) is 2.90. The number of hydrogen-bond acceptors (Lipinski definition) is 7. The topological polar surface area (TPSA) is 100 Å². The van der Waals surface area contributed by atoms with Crippen LogP contribution in [0.5, 0.6) is 5.75 Å². The summed E-state index contributed by atoms with van der Waals surface area (Å²) in [7, 11) is -0.969. The molecule has 0 aliphatic rings. The van der Waals surface area contributed by atoms with E-state index in [0.717, 1.165) is 5.56 Å². The van der Waals surface area contributed by atoms with E-state index in [4.69, 9.17) is 18.6 Å². The summed E-state index contributed by atoms with van der Waals surface area (Å²) in [6.45, 7) is 16.4. The number of hydrogen-bond donors (Lipinski definition) is 1. The van der Waals surface area contributed by atoms with Crippen molar-refractivity contribution in [2.75, 3.05) is 13.7 Å². The largest absolute Gasteiger partial charge is 0.491 e. The van der Waals surface area contributed by atoms with Crippen molar-refractivity contribution in [2.24, 2.45) is 0 Å². The van der Waals surface area contributed by atoms with Gasteiger partial charge in [0.15, 0.2) is 8.32 Å². The zero-order valence-electron chi connectivity index (χ0n) is 26.0. The zero-order chi connectivity index (χ0) is 30.8. The molecule has 2 rings (SSSR count). The molecule has 1 N–H and O–H groups in total. The number of ether oxygens (including phenoxy) is 3. The van der Waals surface area contributed by atoms with Crippen molar-refractivity contribution in [3.05, 3.63) is 65.7 Å². The number of Topliss-reactive ketones (excluding diaryl/α,β-unsaturated/α-hetero) is 1. The summed E-state index contributed by atoms with van der Waals surface area (Å²) in [4.78, 5) is 37.7. The van der Waals surface area contributed by atoms with Gasteiger partial charge in [-0.05, 0) is 75.2 Å². The third kappa shape index (κ3) is 11.7. The Hall–Kier alpha value is -3.17. The number of rotatable bonds is 13. The first-order valence-electron chi connectivity index (χ1n) is 14.0. The molecule has 1 amide bonds. The second-order valence-electron chi connectivity index (χ2n) is 12.7. The normalized spacial score (nSPS) is 13.6. The number of esters is 1. The summed E-state index contributed by atoms with van der Waals surface area (Å²) in [5.74, 6) is 0.269. The SMILES string of the molecule is COC(=O)c1ccc(CC(=O)CC[C@@H](NC(=O)OC(C)(C)C)[C@@H](COc2ccccc2)O[Si](C)(C)C(C)(C)C)cc1. The molecular weight excluding hydrogens is 538 g/mol. The van der Waals surface area contributed by atoms with Crippen LogP contribution in [0.15, 0.2) is 54.6 Å². The van der Waals surface area contributed by atoms with Crippen LogP contribution < -0.4 is 10.1 Å². The molecule has 0 radical (unpaired) electrons. The Morgan fingerprint density at radius 1 is 0.902 bits per heavy atom. The third-order valence-electron chi connectivity index (χ3n) is 7.07. The number of para-hydroxylation sites is 1. The molecule has 2 atom stereocenters. The van der Waals surface area contributed by atoms with Gasteiger partial charge in [0.05, 0.1) is 24.8 Å². The highest BCUT2D eigenvalue weighted by Gasteiger charge is 2.41. The molecule has 0 saturated heterocycles. The number of ketones is 1. The molecule has 0 aromatic heterocycles. The van der Waals surface area contributed by atoms with Crippen LogP contribution >= 0.6 is 0 Å². The Morgan fingerprint density at radius 3 is 2.05 bits per heavy atom. The minimum atomic E-state index is -2.30. The molecule has 0 saturated carbocycles. The van der Waals surface area contributed by atoms with Gasteiger partial charge in [-0.15, -0.1) is 0 Å². The fourth-order valence-electron chi connectivity index (χ4n) is 3.80. The van der Waals surface area contributed by atoms with Crippen LogP contribution in [0.25, 0.3) is 0 Å². The average molecular weight is 586 g/mol. The summed E-state index contributed by atoms with van der Waals surface area (Å²) >= 11 is 0. The molecule has 0 fully saturated rings. The van der Waals surface area contributed by atoms with E-state index in [0.29, 0.717) is 17.7 Å². The number of alkyl carbamates (subject to hydrolysis) is 1. The van der Waals surface area contributed by atoms with Gasteiger partial charge < -0.3 is 24.0 Å². The summed E-state index contributed by atoms with van der Waals surface area (Å²) in [6.07, 6.45) is -0.334. The maximum absolute atomic E-state index is 13.1. The van der Waals surface area contributed by atoms with Gasteiger partial charge in [0.2, 0.25) is 0 Å². The minimum Gasteiger partial charge on any atom is -0.491 e. The van der Waals surface area contributed by atoms with E-state index in [2.05, 4.69) is 39.2 Å². The van der Waals surface area contributed by atoms with E-state index in [9.17, 15) is 14.4 Å². The van der Waals surface area contributed by atoms with Crippen molar-refractivity contribution < 1.29 is 33.0 Å². The first kappa shape index (κ1) is 34.0. The second kappa shape index (κ2) is 14.6. The molecule has 8 nitrogen and oxygen atoms in total. The molecule has 0 heterocycles. The smallest absolute Gasteiger partial charge is 0.407 e.